The summed E-state index contributed by atoms with van der Waals surface area (Å²) in [4.78, 5) is 6.77. The third-order valence-electron chi connectivity index (χ3n) is 3.76. The molecule has 112 valence electrons. The number of pyridine rings is 1. The highest BCUT2D eigenvalue weighted by Gasteiger charge is 2.02. The average molecular weight is 283 g/mol. The first-order valence-electron chi connectivity index (χ1n) is 7.79. The molecule has 1 aromatic heterocycles. The predicted molar refractivity (Wildman–Crippen MR) is 90.9 cm³/mol. The Kier molecular flexibility index (Phi) is 5.61. The van der Waals surface area contributed by atoms with E-state index in [1.54, 1.807) is 0 Å². The molecule has 0 saturated heterocycles. The van der Waals surface area contributed by atoms with Crippen molar-refractivity contribution in [2.75, 3.05) is 23.3 Å². The van der Waals surface area contributed by atoms with Gasteiger partial charge in [-0.1, -0.05) is 31.2 Å². The number of aryl methyl sites for hydroxylation is 1. The van der Waals surface area contributed by atoms with Crippen molar-refractivity contribution in [3.8, 4) is 0 Å². The first-order valence-corrected chi connectivity index (χ1v) is 7.79. The van der Waals surface area contributed by atoms with E-state index < -0.39 is 0 Å². The molecule has 0 fully saturated rings. The number of aromatic nitrogens is 1. The Morgan fingerprint density at radius 2 is 1.57 bits per heavy atom. The maximum atomic E-state index is 4.52. The summed E-state index contributed by atoms with van der Waals surface area (Å²) in [7, 11) is 0. The summed E-state index contributed by atoms with van der Waals surface area (Å²) in [5.41, 5.74) is 3.73. The molecule has 0 aliphatic rings. The van der Waals surface area contributed by atoms with Crippen LogP contribution >= 0.6 is 0 Å². The summed E-state index contributed by atoms with van der Waals surface area (Å²) in [5, 5.41) is 3.42. The lowest BCUT2D eigenvalue weighted by Gasteiger charge is -2.19. The molecule has 0 atom stereocenters. The molecule has 0 aliphatic heterocycles. The number of anilines is 2. The van der Waals surface area contributed by atoms with Crippen LogP contribution in [-0.4, -0.2) is 18.1 Å². The molecule has 3 nitrogen and oxygen atoms in total. The van der Waals surface area contributed by atoms with Gasteiger partial charge in [-0.05, 0) is 43.5 Å². The number of benzene rings is 1. The third-order valence-corrected chi connectivity index (χ3v) is 3.76. The van der Waals surface area contributed by atoms with Crippen molar-refractivity contribution < 1.29 is 0 Å². The van der Waals surface area contributed by atoms with Crippen LogP contribution in [0.3, 0.4) is 0 Å². The van der Waals surface area contributed by atoms with E-state index in [0.29, 0.717) is 0 Å². The Labute approximate surface area is 128 Å². The van der Waals surface area contributed by atoms with Crippen LogP contribution in [-0.2, 0) is 13.0 Å². The van der Waals surface area contributed by atoms with Crippen molar-refractivity contribution in [2.45, 2.75) is 33.7 Å². The van der Waals surface area contributed by atoms with Crippen molar-refractivity contribution in [3.05, 3.63) is 53.7 Å². The van der Waals surface area contributed by atoms with Gasteiger partial charge in [-0.25, -0.2) is 4.98 Å². The largest absolute Gasteiger partial charge is 0.380 e. The molecule has 0 bridgehead atoms. The average Bonchev–Trinajstić information content (AvgIpc) is 2.55. The molecule has 0 amide bonds. The maximum Gasteiger partial charge on any atom is 0.128 e. The van der Waals surface area contributed by atoms with E-state index in [4.69, 9.17) is 0 Å². The molecule has 0 radical (unpaired) electrons. The molecular formula is C18H25N3. The van der Waals surface area contributed by atoms with Gasteiger partial charge < -0.3 is 10.2 Å². The van der Waals surface area contributed by atoms with Crippen LogP contribution in [0.2, 0.25) is 0 Å². The van der Waals surface area contributed by atoms with Crippen LogP contribution in [0.1, 0.15) is 31.9 Å². The van der Waals surface area contributed by atoms with Crippen molar-refractivity contribution in [2.24, 2.45) is 0 Å². The minimum absolute atomic E-state index is 0.830. The molecule has 21 heavy (non-hydrogen) atoms. The van der Waals surface area contributed by atoms with Gasteiger partial charge in [0.2, 0.25) is 0 Å². The zero-order chi connectivity index (χ0) is 15.1. The van der Waals surface area contributed by atoms with Gasteiger partial charge in [0.15, 0.2) is 0 Å². The minimum Gasteiger partial charge on any atom is -0.380 e. The Balaban J connectivity index is 1.93. The zero-order valence-electron chi connectivity index (χ0n) is 13.3. The van der Waals surface area contributed by atoms with Gasteiger partial charge in [-0.15, -0.1) is 0 Å². The number of hydrogen-bond acceptors (Lipinski definition) is 3. The topological polar surface area (TPSA) is 28.2 Å². The molecule has 0 unspecified atom stereocenters. The van der Waals surface area contributed by atoms with Crippen molar-refractivity contribution in [3.63, 3.8) is 0 Å². The second-order valence-corrected chi connectivity index (χ2v) is 5.10. The quantitative estimate of drug-likeness (QED) is 0.829. The molecular weight excluding hydrogens is 258 g/mol. The molecule has 1 heterocycles. The van der Waals surface area contributed by atoms with E-state index in [2.05, 4.69) is 72.4 Å². The Hall–Kier alpha value is -2.03. The number of nitrogens with zero attached hydrogens (tertiary/aromatic N) is 2. The molecule has 0 aliphatic carbocycles. The molecule has 0 spiro atoms. The second-order valence-electron chi connectivity index (χ2n) is 5.10. The maximum absolute atomic E-state index is 4.52. The third kappa shape index (κ3) is 4.22. The number of rotatable bonds is 7. The molecule has 1 N–H and O–H groups in total. The van der Waals surface area contributed by atoms with E-state index in [0.717, 1.165) is 37.6 Å². The first-order chi connectivity index (χ1) is 10.3. The summed E-state index contributed by atoms with van der Waals surface area (Å²) < 4.78 is 0. The lowest BCUT2D eigenvalue weighted by atomic mass is 10.1. The summed E-state index contributed by atoms with van der Waals surface area (Å²) in [5.74, 6) is 1.04. The van der Waals surface area contributed by atoms with Crippen LogP contribution in [0.5, 0.6) is 0 Å². The summed E-state index contributed by atoms with van der Waals surface area (Å²) in [6, 6.07) is 12.9. The van der Waals surface area contributed by atoms with Gasteiger partial charge in [-0.2, -0.15) is 0 Å². The van der Waals surface area contributed by atoms with Crippen LogP contribution < -0.4 is 10.2 Å². The van der Waals surface area contributed by atoms with E-state index in [-0.39, 0.29) is 0 Å². The van der Waals surface area contributed by atoms with E-state index in [9.17, 15) is 0 Å². The molecule has 2 rings (SSSR count). The lowest BCUT2D eigenvalue weighted by Crippen LogP contribution is -2.22. The van der Waals surface area contributed by atoms with E-state index in [1.807, 2.05) is 6.20 Å². The van der Waals surface area contributed by atoms with Gasteiger partial charge >= 0.3 is 0 Å². The summed E-state index contributed by atoms with van der Waals surface area (Å²) in [6.07, 6.45) is 3.00. The fourth-order valence-corrected chi connectivity index (χ4v) is 2.32. The molecule has 3 heteroatoms. The van der Waals surface area contributed by atoms with Crippen molar-refractivity contribution in [1.29, 1.82) is 0 Å². The van der Waals surface area contributed by atoms with Crippen LogP contribution in [0.25, 0.3) is 0 Å². The highest BCUT2D eigenvalue weighted by Crippen LogP contribution is 2.15. The smallest absolute Gasteiger partial charge is 0.128 e. The van der Waals surface area contributed by atoms with Gasteiger partial charge in [0.25, 0.3) is 0 Å². The monoisotopic (exact) mass is 283 g/mol. The van der Waals surface area contributed by atoms with E-state index >= 15 is 0 Å². The Bertz CT molecular complexity index is 527. The number of nitrogens with one attached hydrogen (secondary N) is 1. The minimum atomic E-state index is 0.830. The van der Waals surface area contributed by atoms with Crippen LogP contribution in [0, 0.1) is 0 Å². The summed E-state index contributed by atoms with van der Waals surface area (Å²) >= 11 is 0. The standard InChI is InChI=1S/C18H25N3/c1-4-15-7-9-16(10-8-15)13-19-17-11-12-18(20-14-17)21(5-2)6-3/h7-12,14,19H,4-6,13H2,1-3H3. The van der Waals surface area contributed by atoms with Crippen molar-refractivity contribution >= 4 is 11.5 Å². The van der Waals surface area contributed by atoms with E-state index in [1.165, 1.54) is 11.1 Å². The second kappa shape index (κ2) is 7.67. The Morgan fingerprint density at radius 3 is 2.10 bits per heavy atom. The molecule has 2 aromatic rings. The van der Waals surface area contributed by atoms with Gasteiger partial charge in [0.1, 0.15) is 5.82 Å². The highest BCUT2D eigenvalue weighted by atomic mass is 15.2. The molecule has 0 saturated carbocycles. The fraction of sp³-hybridized carbons (Fsp3) is 0.389. The van der Waals surface area contributed by atoms with Crippen molar-refractivity contribution in [1.82, 2.24) is 4.98 Å². The van der Waals surface area contributed by atoms with Gasteiger partial charge in [0.05, 0.1) is 11.9 Å². The van der Waals surface area contributed by atoms with Crippen LogP contribution in [0.15, 0.2) is 42.6 Å². The fourth-order valence-electron chi connectivity index (χ4n) is 2.32. The number of hydrogen-bond donors (Lipinski definition) is 1. The first kappa shape index (κ1) is 15.4. The SMILES string of the molecule is CCc1ccc(CNc2ccc(N(CC)CC)nc2)cc1. The Morgan fingerprint density at radius 1 is 0.905 bits per heavy atom. The summed E-state index contributed by atoms with van der Waals surface area (Å²) in [6.45, 7) is 9.28. The normalized spacial score (nSPS) is 10.4. The zero-order valence-corrected chi connectivity index (χ0v) is 13.3. The van der Waals surface area contributed by atoms with Gasteiger partial charge in [0, 0.05) is 19.6 Å². The molecule has 1 aromatic carbocycles. The highest BCUT2D eigenvalue weighted by molar-refractivity contribution is 5.48. The predicted octanol–water partition coefficient (Wildman–Crippen LogP) is 4.10. The lowest BCUT2D eigenvalue weighted by molar-refractivity contribution is 0.846. The van der Waals surface area contributed by atoms with Gasteiger partial charge in [-0.3, -0.25) is 0 Å². The van der Waals surface area contributed by atoms with Crippen LogP contribution in [0.4, 0.5) is 11.5 Å².